The first-order chi connectivity index (χ1) is 9.30. The van der Waals surface area contributed by atoms with Crippen LogP contribution in [-0.2, 0) is 0 Å². The van der Waals surface area contributed by atoms with Gasteiger partial charge in [0, 0.05) is 30.9 Å². The molecule has 0 radical (unpaired) electrons. The van der Waals surface area contributed by atoms with E-state index < -0.39 is 0 Å². The number of nitrogens with zero attached hydrogens (tertiary/aromatic N) is 1. The lowest BCUT2D eigenvalue weighted by atomic mass is 9.84. The van der Waals surface area contributed by atoms with Crippen LogP contribution in [0.3, 0.4) is 0 Å². The van der Waals surface area contributed by atoms with E-state index in [4.69, 9.17) is 0 Å². The molecule has 2 atom stereocenters. The Hall–Kier alpha value is -1.02. The van der Waals surface area contributed by atoms with Crippen LogP contribution >= 0.6 is 0 Å². The topological polar surface area (TPSA) is 15.3 Å². The van der Waals surface area contributed by atoms with Crippen LogP contribution in [0.15, 0.2) is 24.3 Å². The average Bonchev–Trinajstić information content (AvgIpc) is 2.38. The Morgan fingerprint density at radius 1 is 1.20 bits per heavy atom. The summed E-state index contributed by atoms with van der Waals surface area (Å²) >= 11 is 0. The highest BCUT2D eigenvalue weighted by Gasteiger charge is 2.33. The van der Waals surface area contributed by atoms with Crippen LogP contribution in [0.5, 0.6) is 0 Å². The quantitative estimate of drug-likeness (QED) is 0.876. The standard InChI is InChI=1S/C18H30N2/c1-13(2)15-9-7-8-10-16(15)20-12-17(18(4,5)6)19-11-14(20)3/h7-10,13-14,17,19H,11-12H2,1-6H3. The highest BCUT2D eigenvalue weighted by atomic mass is 15.2. The van der Waals surface area contributed by atoms with Crippen LogP contribution < -0.4 is 10.2 Å². The van der Waals surface area contributed by atoms with E-state index in [9.17, 15) is 0 Å². The molecule has 0 bridgehead atoms. The Morgan fingerprint density at radius 2 is 1.85 bits per heavy atom. The van der Waals surface area contributed by atoms with Gasteiger partial charge in [0.05, 0.1) is 0 Å². The van der Waals surface area contributed by atoms with Crippen molar-refractivity contribution < 1.29 is 0 Å². The number of hydrogen-bond acceptors (Lipinski definition) is 2. The number of hydrogen-bond donors (Lipinski definition) is 1. The maximum absolute atomic E-state index is 3.72. The summed E-state index contributed by atoms with van der Waals surface area (Å²) in [6.45, 7) is 16.0. The molecule has 1 aromatic carbocycles. The maximum atomic E-state index is 3.72. The number of piperazine rings is 1. The molecule has 2 rings (SSSR count). The SMILES string of the molecule is CC(C)c1ccccc1N1CC(C(C)(C)C)NCC1C. The van der Waals surface area contributed by atoms with Gasteiger partial charge in [-0.1, -0.05) is 52.8 Å². The molecular formula is C18H30N2. The van der Waals surface area contributed by atoms with E-state index in [1.807, 2.05) is 0 Å². The highest BCUT2D eigenvalue weighted by molar-refractivity contribution is 5.56. The number of nitrogens with one attached hydrogen (secondary N) is 1. The zero-order chi connectivity index (χ0) is 14.9. The Kier molecular flexibility index (Phi) is 4.43. The molecule has 1 heterocycles. The molecular weight excluding hydrogens is 244 g/mol. The molecule has 0 aliphatic carbocycles. The van der Waals surface area contributed by atoms with Gasteiger partial charge < -0.3 is 10.2 Å². The van der Waals surface area contributed by atoms with Gasteiger partial charge in [-0.05, 0) is 29.9 Å². The minimum Gasteiger partial charge on any atom is -0.366 e. The summed E-state index contributed by atoms with van der Waals surface area (Å²) in [6, 6.07) is 9.99. The van der Waals surface area contributed by atoms with Crippen molar-refractivity contribution in [2.45, 2.75) is 59.5 Å². The Labute approximate surface area is 124 Å². The van der Waals surface area contributed by atoms with Crippen LogP contribution in [0.1, 0.15) is 53.0 Å². The summed E-state index contributed by atoms with van der Waals surface area (Å²) < 4.78 is 0. The van der Waals surface area contributed by atoms with E-state index in [2.05, 4.69) is 76.0 Å². The summed E-state index contributed by atoms with van der Waals surface area (Å²) in [5.74, 6) is 0.571. The fraction of sp³-hybridized carbons (Fsp3) is 0.667. The second-order valence-electron chi connectivity index (χ2n) is 7.54. The van der Waals surface area contributed by atoms with Crippen LogP contribution in [0, 0.1) is 5.41 Å². The summed E-state index contributed by atoms with van der Waals surface area (Å²) in [7, 11) is 0. The largest absolute Gasteiger partial charge is 0.366 e. The van der Waals surface area contributed by atoms with E-state index in [-0.39, 0.29) is 0 Å². The first kappa shape index (κ1) is 15.4. The molecule has 1 N–H and O–H groups in total. The van der Waals surface area contributed by atoms with Crippen molar-refractivity contribution in [2.75, 3.05) is 18.0 Å². The van der Waals surface area contributed by atoms with Crippen LogP contribution in [0.4, 0.5) is 5.69 Å². The van der Waals surface area contributed by atoms with Gasteiger partial charge in [-0.25, -0.2) is 0 Å². The van der Waals surface area contributed by atoms with Crippen molar-refractivity contribution in [3.05, 3.63) is 29.8 Å². The second kappa shape index (κ2) is 5.77. The summed E-state index contributed by atoms with van der Waals surface area (Å²) in [6.07, 6.45) is 0. The first-order valence-electron chi connectivity index (χ1n) is 7.89. The lowest BCUT2D eigenvalue weighted by Gasteiger charge is -2.46. The predicted molar refractivity (Wildman–Crippen MR) is 88.6 cm³/mol. The maximum Gasteiger partial charge on any atom is 0.0404 e. The van der Waals surface area contributed by atoms with Gasteiger partial charge in [-0.3, -0.25) is 0 Å². The van der Waals surface area contributed by atoms with Gasteiger partial charge >= 0.3 is 0 Å². The minimum absolute atomic E-state index is 0.297. The molecule has 1 aliphatic rings. The normalized spacial score (nSPS) is 24.2. The van der Waals surface area contributed by atoms with Crippen molar-refractivity contribution >= 4 is 5.69 Å². The Balaban J connectivity index is 2.30. The molecule has 112 valence electrons. The van der Waals surface area contributed by atoms with Gasteiger partial charge in [0.1, 0.15) is 0 Å². The zero-order valence-corrected chi connectivity index (χ0v) is 13.9. The molecule has 0 saturated carbocycles. The van der Waals surface area contributed by atoms with Crippen molar-refractivity contribution in [3.63, 3.8) is 0 Å². The summed E-state index contributed by atoms with van der Waals surface area (Å²) in [4.78, 5) is 2.60. The molecule has 1 aliphatic heterocycles. The van der Waals surface area contributed by atoms with Gasteiger partial charge in [0.15, 0.2) is 0 Å². The van der Waals surface area contributed by atoms with Gasteiger partial charge in [0.25, 0.3) is 0 Å². The van der Waals surface area contributed by atoms with Crippen LogP contribution in [0.2, 0.25) is 0 Å². The average molecular weight is 274 g/mol. The summed E-state index contributed by atoms with van der Waals surface area (Å²) in [5, 5.41) is 3.72. The van der Waals surface area contributed by atoms with Crippen molar-refractivity contribution in [3.8, 4) is 0 Å². The Morgan fingerprint density at radius 3 is 2.45 bits per heavy atom. The number of anilines is 1. The lowest BCUT2D eigenvalue weighted by Crippen LogP contribution is -2.59. The van der Waals surface area contributed by atoms with Gasteiger partial charge in [-0.2, -0.15) is 0 Å². The van der Waals surface area contributed by atoms with Crippen molar-refractivity contribution in [1.29, 1.82) is 0 Å². The van der Waals surface area contributed by atoms with Crippen LogP contribution in [-0.4, -0.2) is 25.2 Å². The van der Waals surface area contributed by atoms with Crippen LogP contribution in [0.25, 0.3) is 0 Å². The molecule has 0 amide bonds. The minimum atomic E-state index is 0.297. The molecule has 20 heavy (non-hydrogen) atoms. The van der Waals surface area contributed by atoms with E-state index >= 15 is 0 Å². The number of rotatable bonds is 2. The predicted octanol–water partition coefficient (Wildman–Crippen LogP) is 4.02. The Bertz CT molecular complexity index is 445. The highest BCUT2D eigenvalue weighted by Crippen LogP contribution is 2.32. The zero-order valence-electron chi connectivity index (χ0n) is 13.9. The first-order valence-corrected chi connectivity index (χ1v) is 7.89. The molecule has 1 aromatic rings. The number of para-hydroxylation sites is 1. The van der Waals surface area contributed by atoms with Gasteiger partial charge in [0.2, 0.25) is 0 Å². The molecule has 1 fully saturated rings. The third kappa shape index (κ3) is 3.17. The fourth-order valence-electron chi connectivity index (χ4n) is 3.02. The molecule has 1 saturated heterocycles. The monoisotopic (exact) mass is 274 g/mol. The fourth-order valence-corrected chi connectivity index (χ4v) is 3.02. The van der Waals surface area contributed by atoms with Crippen molar-refractivity contribution in [1.82, 2.24) is 5.32 Å². The lowest BCUT2D eigenvalue weighted by molar-refractivity contribution is 0.238. The van der Waals surface area contributed by atoms with Crippen molar-refractivity contribution in [2.24, 2.45) is 5.41 Å². The van der Waals surface area contributed by atoms with Gasteiger partial charge in [-0.15, -0.1) is 0 Å². The third-order valence-corrected chi connectivity index (χ3v) is 4.48. The molecule has 2 unspecified atom stereocenters. The van der Waals surface area contributed by atoms with E-state index in [1.165, 1.54) is 11.3 Å². The molecule has 2 heteroatoms. The summed E-state index contributed by atoms with van der Waals surface area (Å²) in [5.41, 5.74) is 3.19. The second-order valence-corrected chi connectivity index (χ2v) is 7.54. The third-order valence-electron chi connectivity index (χ3n) is 4.48. The molecule has 0 aromatic heterocycles. The van der Waals surface area contributed by atoms with E-state index in [1.54, 1.807) is 0 Å². The van der Waals surface area contributed by atoms with E-state index in [0.29, 0.717) is 23.4 Å². The number of benzene rings is 1. The van der Waals surface area contributed by atoms with E-state index in [0.717, 1.165) is 13.1 Å². The molecule has 0 spiro atoms. The molecule has 2 nitrogen and oxygen atoms in total. The smallest absolute Gasteiger partial charge is 0.0404 e.